The van der Waals surface area contributed by atoms with Crippen LogP contribution in [0.4, 0.5) is 0 Å². The third-order valence-corrected chi connectivity index (χ3v) is 7.16. The average molecular weight is 540 g/mol. The van der Waals surface area contributed by atoms with E-state index < -0.39 is 12.2 Å². The van der Waals surface area contributed by atoms with Crippen LogP contribution in [0.25, 0.3) is 0 Å². The molecule has 2 atom stereocenters. The van der Waals surface area contributed by atoms with E-state index in [9.17, 15) is 4.79 Å². The van der Waals surface area contributed by atoms with Gasteiger partial charge >= 0.3 is 5.97 Å². The first kappa shape index (κ1) is 29.1. The molecule has 4 rings (SSSR count). The smallest absolute Gasteiger partial charge is 0.347 e. The fourth-order valence-corrected chi connectivity index (χ4v) is 4.97. The summed E-state index contributed by atoms with van der Waals surface area (Å²) >= 11 is 0. The topological polar surface area (TPSA) is 61.6 Å². The molecule has 0 aliphatic rings. The summed E-state index contributed by atoms with van der Waals surface area (Å²) in [6, 6.07) is 31.9. The second-order valence-electron chi connectivity index (χ2n) is 10.2. The number of benzene rings is 3. The van der Waals surface area contributed by atoms with E-state index in [0.717, 1.165) is 24.0 Å². The highest BCUT2D eigenvalue weighted by Gasteiger charge is 2.29. The molecule has 0 saturated heterocycles. The molecule has 0 spiro atoms. The Bertz CT molecular complexity index is 1220. The van der Waals surface area contributed by atoms with Crippen LogP contribution in [0, 0.1) is 0 Å². The lowest BCUT2D eigenvalue weighted by Crippen LogP contribution is -2.30. The van der Waals surface area contributed by atoms with Gasteiger partial charge in [0.25, 0.3) is 0 Å². The van der Waals surface area contributed by atoms with Crippen LogP contribution in [0.5, 0.6) is 5.75 Å². The molecule has 1 heterocycles. The van der Waals surface area contributed by atoms with Gasteiger partial charge in [-0.2, -0.15) is 0 Å². The van der Waals surface area contributed by atoms with Crippen LogP contribution < -0.4 is 4.74 Å². The van der Waals surface area contributed by atoms with Crippen molar-refractivity contribution in [3.05, 3.63) is 120 Å². The molecule has 40 heavy (non-hydrogen) atoms. The van der Waals surface area contributed by atoms with Crippen LogP contribution >= 0.6 is 0 Å². The molecule has 1 aromatic heterocycles. The SMILES string of the molecule is CCCCCCCCC(Oc1ccccc1)C(=O)OC(CC)c1cc(C(c2ccccc2)c2ccccc2)on1. The minimum absolute atomic E-state index is 0.112. The monoisotopic (exact) mass is 539 g/mol. The van der Waals surface area contributed by atoms with Gasteiger partial charge in [0.15, 0.2) is 6.10 Å². The van der Waals surface area contributed by atoms with E-state index in [4.69, 9.17) is 14.0 Å². The van der Waals surface area contributed by atoms with Crippen LogP contribution in [0.3, 0.4) is 0 Å². The largest absolute Gasteiger partial charge is 0.479 e. The Morgan fingerprint density at radius 3 is 1.95 bits per heavy atom. The van der Waals surface area contributed by atoms with Gasteiger partial charge in [0.05, 0.1) is 5.92 Å². The summed E-state index contributed by atoms with van der Waals surface area (Å²) in [5.41, 5.74) is 2.83. The van der Waals surface area contributed by atoms with Gasteiger partial charge in [0.2, 0.25) is 0 Å². The first-order valence-electron chi connectivity index (χ1n) is 14.7. The second kappa shape index (κ2) is 15.7. The van der Waals surface area contributed by atoms with E-state index in [1.807, 2.05) is 79.7 Å². The van der Waals surface area contributed by atoms with Crippen molar-refractivity contribution >= 4 is 5.97 Å². The molecule has 5 heteroatoms. The van der Waals surface area contributed by atoms with Crippen LogP contribution in [-0.2, 0) is 9.53 Å². The number of rotatable bonds is 16. The summed E-state index contributed by atoms with van der Waals surface area (Å²) < 4.78 is 18.1. The Kier molecular flexibility index (Phi) is 11.4. The zero-order valence-corrected chi connectivity index (χ0v) is 23.7. The summed E-state index contributed by atoms with van der Waals surface area (Å²) in [6.07, 6.45) is 6.85. The molecule has 0 saturated carbocycles. The molecule has 0 bridgehead atoms. The summed E-state index contributed by atoms with van der Waals surface area (Å²) in [6.45, 7) is 4.20. The molecule has 5 nitrogen and oxygen atoms in total. The minimum atomic E-state index is -0.671. The Labute approximate surface area is 238 Å². The molecule has 0 fully saturated rings. The Morgan fingerprint density at radius 1 is 0.775 bits per heavy atom. The zero-order chi connectivity index (χ0) is 28.0. The molecule has 0 aliphatic heterocycles. The molecular weight excluding hydrogens is 498 g/mol. The van der Waals surface area contributed by atoms with E-state index >= 15 is 0 Å². The number of unbranched alkanes of at least 4 members (excludes halogenated alkanes) is 5. The molecule has 4 aromatic rings. The predicted octanol–water partition coefficient (Wildman–Crippen LogP) is 9.05. The van der Waals surface area contributed by atoms with Gasteiger partial charge in [0.1, 0.15) is 23.3 Å². The minimum Gasteiger partial charge on any atom is -0.479 e. The van der Waals surface area contributed by atoms with Gasteiger partial charge in [-0.3, -0.25) is 0 Å². The summed E-state index contributed by atoms with van der Waals surface area (Å²) in [7, 11) is 0. The van der Waals surface area contributed by atoms with E-state index in [-0.39, 0.29) is 11.9 Å². The Balaban J connectivity index is 1.48. The Hall–Kier alpha value is -3.86. The summed E-state index contributed by atoms with van der Waals surface area (Å²) in [5, 5.41) is 4.37. The fourth-order valence-electron chi connectivity index (χ4n) is 4.97. The van der Waals surface area contributed by atoms with Crippen LogP contribution in [0.2, 0.25) is 0 Å². The van der Waals surface area contributed by atoms with Crippen molar-refractivity contribution in [2.75, 3.05) is 0 Å². The van der Waals surface area contributed by atoms with Gasteiger partial charge in [-0.25, -0.2) is 4.79 Å². The third kappa shape index (κ3) is 8.32. The van der Waals surface area contributed by atoms with Crippen LogP contribution in [0.15, 0.2) is 102 Å². The number of nitrogens with zero attached hydrogens (tertiary/aromatic N) is 1. The second-order valence-corrected chi connectivity index (χ2v) is 10.2. The average Bonchev–Trinajstić information content (AvgIpc) is 3.48. The van der Waals surface area contributed by atoms with E-state index in [1.54, 1.807) is 0 Å². The number of ether oxygens (including phenoxy) is 2. The highest BCUT2D eigenvalue weighted by molar-refractivity contribution is 5.75. The normalized spacial score (nSPS) is 12.7. The van der Waals surface area contributed by atoms with E-state index in [2.05, 4.69) is 36.3 Å². The van der Waals surface area contributed by atoms with Crippen molar-refractivity contribution < 1.29 is 18.8 Å². The van der Waals surface area contributed by atoms with Crippen molar-refractivity contribution in [2.24, 2.45) is 0 Å². The number of para-hydroxylation sites is 1. The van der Waals surface area contributed by atoms with E-state index in [0.29, 0.717) is 30.0 Å². The molecule has 3 aromatic carbocycles. The van der Waals surface area contributed by atoms with Crippen molar-refractivity contribution in [1.82, 2.24) is 5.16 Å². The maximum Gasteiger partial charge on any atom is 0.347 e. The highest BCUT2D eigenvalue weighted by Crippen LogP contribution is 2.34. The molecule has 0 aliphatic carbocycles. The standard InChI is InChI=1S/C35H41NO4/c1-3-5-6-7-8-18-25-32(38-29-23-16-11-17-24-29)35(37)39-31(4-2)30-26-33(40-36-30)34(27-19-12-9-13-20-27)28-21-14-10-15-22-28/h9-17,19-24,26,31-32,34H,3-8,18,25H2,1-2H3. The third-order valence-electron chi connectivity index (χ3n) is 7.16. The lowest BCUT2D eigenvalue weighted by atomic mass is 9.89. The lowest BCUT2D eigenvalue weighted by molar-refractivity contribution is -0.158. The molecule has 2 unspecified atom stereocenters. The van der Waals surface area contributed by atoms with Crippen LogP contribution in [0.1, 0.15) is 99.8 Å². The molecule has 0 radical (unpaired) electrons. The first-order valence-corrected chi connectivity index (χ1v) is 14.7. The molecular formula is C35H41NO4. The Morgan fingerprint density at radius 2 is 1.35 bits per heavy atom. The van der Waals surface area contributed by atoms with Gasteiger partial charge in [-0.05, 0) is 42.5 Å². The molecule has 210 valence electrons. The van der Waals surface area contributed by atoms with Crippen molar-refractivity contribution in [3.8, 4) is 5.75 Å². The molecule has 0 N–H and O–H groups in total. The first-order chi connectivity index (χ1) is 19.7. The van der Waals surface area contributed by atoms with Gasteiger partial charge in [-0.15, -0.1) is 0 Å². The molecule has 0 amide bonds. The van der Waals surface area contributed by atoms with Crippen molar-refractivity contribution in [3.63, 3.8) is 0 Å². The van der Waals surface area contributed by atoms with Gasteiger partial charge in [-0.1, -0.05) is 130 Å². The van der Waals surface area contributed by atoms with Gasteiger partial charge < -0.3 is 14.0 Å². The maximum atomic E-state index is 13.4. The maximum absolute atomic E-state index is 13.4. The van der Waals surface area contributed by atoms with Crippen molar-refractivity contribution in [1.29, 1.82) is 0 Å². The zero-order valence-electron chi connectivity index (χ0n) is 23.7. The predicted molar refractivity (Wildman–Crippen MR) is 158 cm³/mol. The number of hydrogen-bond donors (Lipinski definition) is 0. The quantitative estimate of drug-likeness (QED) is 0.105. The van der Waals surface area contributed by atoms with E-state index in [1.165, 1.54) is 25.7 Å². The fraction of sp³-hybridized carbons (Fsp3) is 0.371. The lowest BCUT2D eigenvalue weighted by Gasteiger charge is -2.21. The number of carbonyl (C=O) groups is 1. The number of hydrogen-bond acceptors (Lipinski definition) is 5. The summed E-state index contributed by atoms with van der Waals surface area (Å²) in [4.78, 5) is 13.4. The summed E-state index contributed by atoms with van der Waals surface area (Å²) in [5.74, 6) is 0.905. The number of carbonyl (C=O) groups excluding carboxylic acids is 1. The van der Waals surface area contributed by atoms with Crippen LogP contribution in [-0.4, -0.2) is 17.2 Å². The number of aromatic nitrogens is 1. The van der Waals surface area contributed by atoms with Gasteiger partial charge in [0, 0.05) is 6.07 Å². The number of esters is 1. The highest BCUT2D eigenvalue weighted by atomic mass is 16.6. The van der Waals surface area contributed by atoms with Crippen molar-refractivity contribution in [2.45, 2.75) is 83.3 Å².